The molecule has 2 atom stereocenters. The standard InChI is InChI=1S/C10H16N4O2/c1-7-3-14(4-8(5-15)16-7)10-9(11)2-12-6-13-10/h2,6-8,15H,3-5,11H2,1H3. The number of aliphatic hydroxyl groups is 1. The molecule has 2 heterocycles. The molecule has 0 saturated carbocycles. The predicted octanol–water partition coefficient (Wildman–Crippen LogP) is -0.355. The monoisotopic (exact) mass is 224 g/mol. The summed E-state index contributed by atoms with van der Waals surface area (Å²) in [7, 11) is 0. The molecular formula is C10H16N4O2. The summed E-state index contributed by atoms with van der Waals surface area (Å²) >= 11 is 0. The number of nitrogen functional groups attached to an aromatic ring is 1. The van der Waals surface area contributed by atoms with Gasteiger partial charge in [0, 0.05) is 13.1 Å². The number of anilines is 2. The molecule has 1 fully saturated rings. The number of nitrogens with two attached hydrogens (primary N) is 1. The van der Waals surface area contributed by atoms with Crippen molar-refractivity contribution in [2.75, 3.05) is 30.3 Å². The summed E-state index contributed by atoms with van der Waals surface area (Å²) in [6, 6.07) is 0. The van der Waals surface area contributed by atoms with Crippen molar-refractivity contribution in [3.63, 3.8) is 0 Å². The number of nitrogens with zero attached hydrogens (tertiary/aromatic N) is 3. The molecule has 1 aromatic rings. The first-order valence-electron chi connectivity index (χ1n) is 5.27. The van der Waals surface area contributed by atoms with Crippen LogP contribution in [0.15, 0.2) is 12.5 Å². The lowest BCUT2D eigenvalue weighted by molar-refractivity contribution is -0.0422. The van der Waals surface area contributed by atoms with Crippen LogP contribution in [0.3, 0.4) is 0 Å². The maximum atomic E-state index is 9.13. The molecule has 3 N–H and O–H groups in total. The second-order valence-electron chi connectivity index (χ2n) is 3.96. The van der Waals surface area contributed by atoms with Gasteiger partial charge in [-0.25, -0.2) is 9.97 Å². The molecule has 0 aliphatic carbocycles. The highest BCUT2D eigenvalue weighted by Crippen LogP contribution is 2.22. The van der Waals surface area contributed by atoms with E-state index in [0.29, 0.717) is 18.1 Å². The number of morpholine rings is 1. The molecule has 2 rings (SSSR count). The molecule has 1 saturated heterocycles. The van der Waals surface area contributed by atoms with Gasteiger partial charge >= 0.3 is 0 Å². The van der Waals surface area contributed by atoms with Gasteiger partial charge in [-0.2, -0.15) is 0 Å². The van der Waals surface area contributed by atoms with Crippen molar-refractivity contribution in [1.29, 1.82) is 0 Å². The van der Waals surface area contributed by atoms with Crippen LogP contribution in [-0.2, 0) is 4.74 Å². The van der Waals surface area contributed by atoms with Crippen LogP contribution in [0, 0.1) is 0 Å². The van der Waals surface area contributed by atoms with Crippen LogP contribution < -0.4 is 10.6 Å². The molecule has 6 nitrogen and oxygen atoms in total. The predicted molar refractivity (Wildman–Crippen MR) is 60.1 cm³/mol. The Bertz CT molecular complexity index is 360. The molecular weight excluding hydrogens is 208 g/mol. The Kier molecular flexibility index (Phi) is 3.21. The van der Waals surface area contributed by atoms with Crippen molar-refractivity contribution in [1.82, 2.24) is 9.97 Å². The zero-order valence-corrected chi connectivity index (χ0v) is 9.21. The van der Waals surface area contributed by atoms with Gasteiger partial charge in [0.15, 0.2) is 5.82 Å². The Morgan fingerprint density at radius 2 is 2.44 bits per heavy atom. The molecule has 1 aromatic heterocycles. The number of ether oxygens (including phenoxy) is 1. The van der Waals surface area contributed by atoms with E-state index in [1.807, 2.05) is 11.8 Å². The number of hydrogen-bond acceptors (Lipinski definition) is 6. The molecule has 6 heteroatoms. The van der Waals surface area contributed by atoms with Crippen molar-refractivity contribution in [2.45, 2.75) is 19.1 Å². The second kappa shape index (κ2) is 4.63. The maximum Gasteiger partial charge on any atom is 0.155 e. The average molecular weight is 224 g/mol. The Labute approximate surface area is 94.1 Å². The largest absolute Gasteiger partial charge is 0.394 e. The third kappa shape index (κ3) is 2.23. The summed E-state index contributed by atoms with van der Waals surface area (Å²) in [4.78, 5) is 10.0. The summed E-state index contributed by atoms with van der Waals surface area (Å²) in [5.41, 5.74) is 6.36. The van der Waals surface area contributed by atoms with Gasteiger partial charge < -0.3 is 20.5 Å². The van der Waals surface area contributed by atoms with Crippen molar-refractivity contribution in [2.24, 2.45) is 0 Å². The average Bonchev–Trinajstić information content (AvgIpc) is 2.28. The van der Waals surface area contributed by atoms with E-state index in [0.717, 1.165) is 6.54 Å². The first-order chi connectivity index (χ1) is 7.70. The lowest BCUT2D eigenvalue weighted by Crippen LogP contribution is -2.48. The van der Waals surface area contributed by atoms with Crippen LogP contribution in [-0.4, -0.2) is 47.0 Å². The van der Waals surface area contributed by atoms with Crippen LogP contribution in [0.1, 0.15) is 6.92 Å². The van der Waals surface area contributed by atoms with Crippen LogP contribution in [0.25, 0.3) is 0 Å². The molecule has 1 aliphatic heterocycles. The second-order valence-corrected chi connectivity index (χ2v) is 3.96. The highest BCUT2D eigenvalue weighted by atomic mass is 16.5. The minimum atomic E-state index is -0.182. The topological polar surface area (TPSA) is 84.5 Å². The molecule has 0 bridgehead atoms. The first kappa shape index (κ1) is 11.1. The summed E-state index contributed by atoms with van der Waals surface area (Å²) in [6.07, 6.45) is 2.93. The van der Waals surface area contributed by atoms with Crippen molar-refractivity contribution >= 4 is 11.5 Å². The van der Waals surface area contributed by atoms with E-state index in [2.05, 4.69) is 9.97 Å². The van der Waals surface area contributed by atoms with Crippen molar-refractivity contribution < 1.29 is 9.84 Å². The van der Waals surface area contributed by atoms with E-state index < -0.39 is 0 Å². The van der Waals surface area contributed by atoms with Gasteiger partial charge in [-0.05, 0) is 6.92 Å². The van der Waals surface area contributed by atoms with E-state index in [9.17, 15) is 0 Å². The maximum absolute atomic E-state index is 9.13. The van der Waals surface area contributed by atoms with Gasteiger partial charge in [0.1, 0.15) is 6.33 Å². The van der Waals surface area contributed by atoms with E-state index in [-0.39, 0.29) is 18.8 Å². The smallest absolute Gasteiger partial charge is 0.155 e. The first-order valence-corrected chi connectivity index (χ1v) is 5.27. The van der Waals surface area contributed by atoms with Crippen molar-refractivity contribution in [3.05, 3.63) is 12.5 Å². The fourth-order valence-corrected chi connectivity index (χ4v) is 1.92. The molecule has 16 heavy (non-hydrogen) atoms. The SMILES string of the molecule is CC1CN(c2ncncc2N)CC(CO)O1. The molecule has 0 spiro atoms. The number of hydrogen-bond donors (Lipinski definition) is 2. The van der Waals surface area contributed by atoms with Gasteiger partial charge in [0.05, 0.1) is 30.7 Å². The van der Waals surface area contributed by atoms with E-state index >= 15 is 0 Å². The highest BCUT2D eigenvalue weighted by molar-refractivity contribution is 5.61. The molecule has 2 unspecified atom stereocenters. The van der Waals surface area contributed by atoms with Gasteiger partial charge in [-0.15, -0.1) is 0 Å². The highest BCUT2D eigenvalue weighted by Gasteiger charge is 2.26. The Balaban J connectivity index is 2.17. The van der Waals surface area contributed by atoms with E-state index in [1.165, 1.54) is 6.33 Å². The van der Waals surface area contributed by atoms with Gasteiger partial charge in [0.25, 0.3) is 0 Å². The fourth-order valence-electron chi connectivity index (χ4n) is 1.92. The number of aromatic nitrogens is 2. The van der Waals surface area contributed by atoms with Gasteiger partial charge in [-0.1, -0.05) is 0 Å². The van der Waals surface area contributed by atoms with Crippen LogP contribution in [0.4, 0.5) is 11.5 Å². The third-order valence-corrected chi connectivity index (χ3v) is 2.55. The van der Waals surface area contributed by atoms with Crippen LogP contribution in [0.5, 0.6) is 0 Å². The molecule has 88 valence electrons. The minimum absolute atomic E-state index is 0.00578. The van der Waals surface area contributed by atoms with E-state index in [4.69, 9.17) is 15.6 Å². The normalized spacial score (nSPS) is 25.8. The third-order valence-electron chi connectivity index (χ3n) is 2.55. The lowest BCUT2D eigenvalue weighted by atomic mass is 10.2. The summed E-state index contributed by atoms with van der Waals surface area (Å²) < 4.78 is 5.55. The molecule has 0 amide bonds. The summed E-state index contributed by atoms with van der Waals surface area (Å²) in [5.74, 6) is 0.712. The number of rotatable bonds is 2. The Morgan fingerprint density at radius 3 is 3.12 bits per heavy atom. The van der Waals surface area contributed by atoms with Gasteiger partial charge in [0.2, 0.25) is 0 Å². The van der Waals surface area contributed by atoms with Crippen LogP contribution in [0.2, 0.25) is 0 Å². The molecule has 0 aromatic carbocycles. The summed E-state index contributed by atoms with van der Waals surface area (Å²) in [6.45, 7) is 3.29. The zero-order chi connectivity index (χ0) is 11.5. The lowest BCUT2D eigenvalue weighted by Gasteiger charge is -2.37. The quantitative estimate of drug-likeness (QED) is 0.714. The molecule has 0 radical (unpaired) electrons. The van der Waals surface area contributed by atoms with Crippen LogP contribution >= 0.6 is 0 Å². The molecule has 1 aliphatic rings. The fraction of sp³-hybridized carbons (Fsp3) is 0.600. The van der Waals surface area contributed by atoms with E-state index in [1.54, 1.807) is 6.20 Å². The van der Waals surface area contributed by atoms with Gasteiger partial charge in [-0.3, -0.25) is 0 Å². The minimum Gasteiger partial charge on any atom is -0.394 e. The zero-order valence-electron chi connectivity index (χ0n) is 9.21. The summed E-state index contributed by atoms with van der Waals surface area (Å²) in [5, 5.41) is 9.13. The van der Waals surface area contributed by atoms with Crippen molar-refractivity contribution in [3.8, 4) is 0 Å². The number of aliphatic hydroxyl groups excluding tert-OH is 1. The Hall–Kier alpha value is -1.40. The Morgan fingerprint density at radius 1 is 1.62 bits per heavy atom.